The number of benzene rings is 3. The lowest BCUT2D eigenvalue weighted by Gasteiger charge is -2.40. The average molecular weight is 976 g/mol. The molecule has 1 aliphatic rings. The number of hydrogen-bond donors (Lipinski definition) is 1. The van der Waals surface area contributed by atoms with E-state index in [1.54, 1.807) is 28.3 Å². The molecule has 1 aliphatic carbocycles. The molecule has 0 amide bonds. The number of ether oxygens (including phenoxy) is 4. The Balaban J connectivity index is 1.62. The van der Waals surface area contributed by atoms with E-state index in [1.807, 2.05) is 66.7 Å². The van der Waals surface area contributed by atoms with Crippen LogP contribution in [-0.4, -0.2) is 75.0 Å². The summed E-state index contributed by atoms with van der Waals surface area (Å²) in [5.41, 5.74) is 1.70. The van der Waals surface area contributed by atoms with Crippen molar-refractivity contribution in [3.63, 3.8) is 0 Å². The molecule has 1 N–H and O–H groups in total. The fourth-order valence-corrected chi connectivity index (χ4v) is 9.77. The average Bonchev–Trinajstić information content (AvgIpc) is 3.70. The summed E-state index contributed by atoms with van der Waals surface area (Å²) in [6, 6.07) is 29.1. The Bertz CT molecular complexity index is 2920. The van der Waals surface area contributed by atoms with Crippen LogP contribution in [0.5, 0.6) is 11.5 Å². The van der Waals surface area contributed by atoms with Gasteiger partial charge < -0.3 is 38.2 Å². The second kappa shape index (κ2) is 31.6. The van der Waals surface area contributed by atoms with Gasteiger partial charge in [-0.25, -0.2) is 11.2 Å². The molecule has 0 aliphatic heterocycles. The van der Waals surface area contributed by atoms with Crippen molar-refractivity contribution < 1.29 is 28.0 Å². The van der Waals surface area contributed by atoms with Crippen molar-refractivity contribution in [2.75, 3.05) is 41.1 Å². The molecule has 356 valence electrons. The van der Waals surface area contributed by atoms with Crippen molar-refractivity contribution >= 4 is 25.7 Å². The van der Waals surface area contributed by atoms with E-state index in [1.165, 1.54) is 0 Å². The first-order chi connectivity index (χ1) is 34.6. The van der Waals surface area contributed by atoms with Crippen LogP contribution < -0.4 is 14.8 Å². The van der Waals surface area contributed by atoms with Crippen molar-refractivity contribution in [1.29, 1.82) is 0 Å². The molecule has 1 saturated carbocycles. The molecule has 0 saturated heterocycles. The molecule has 0 radical (unpaired) electrons. The molecule has 1 fully saturated rings. The minimum atomic E-state index is -1.64. The molecule has 71 heavy (non-hydrogen) atoms. The molecule has 0 heterocycles. The van der Waals surface area contributed by atoms with Gasteiger partial charge in [-0.1, -0.05) is 72.7 Å². The zero-order valence-electron chi connectivity index (χ0n) is 41.2. The van der Waals surface area contributed by atoms with E-state index in [4.69, 9.17) is 46.8 Å². The molecule has 11 heteroatoms. The Morgan fingerprint density at radius 1 is 0.676 bits per heavy atom. The van der Waals surface area contributed by atoms with Crippen LogP contribution in [0.15, 0.2) is 78.9 Å². The number of hydrogen-bond acceptors (Lipinski definition) is 8. The van der Waals surface area contributed by atoms with Gasteiger partial charge in [0.05, 0.1) is 38.0 Å². The summed E-state index contributed by atoms with van der Waals surface area (Å²) in [5, 5.41) is 3.03. The van der Waals surface area contributed by atoms with Crippen molar-refractivity contribution in [2.24, 2.45) is 11.8 Å². The third-order valence-corrected chi connectivity index (χ3v) is 13.0. The largest absolute Gasteiger partial charge is 0.497 e. The van der Waals surface area contributed by atoms with Crippen LogP contribution in [0.4, 0.5) is 0 Å². The van der Waals surface area contributed by atoms with Gasteiger partial charge >= 0.3 is 0 Å². The summed E-state index contributed by atoms with van der Waals surface area (Å²) in [7, 11) is 3.36. The SMILES string of the molecule is [C-]#[N+]CCOP(OC1[C@@H](COC(c2ccccc2)(c2ccc(OC)cc2)c2ccc(OC)cc2)C[C@H](CC(=S)NC#CC#CC#CC#CC#CC#CC#CC#CC#CC#CC)[C@H]1OC)N(C(C)C)C(C)C. The van der Waals surface area contributed by atoms with E-state index in [2.05, 4.69) is 173 Å². The lowest BCUT2D eigenvalue weighted by Crippen LogP contribution is -2.40. The number of nitrogens with one attached hydrogen (secondary N) is 1. The fourth-order valence-electron chi connectivity index (χ4n) is 7.71. The lowest BCUT2D eigenvalue weighted by atomic mass is 9.79. The van der Waals surface area contributed by atoms with Crippen molar-refractivity contribution in [3.05, 3.63) is 107 Å². The Morgan fingerprint density at radius 2 is 1.14 bits per heavy atom. The lowest BCUT2D eigenvalue weighted by molar-refractivity contribution is -0.0546. The predicted octanol–water partition coefficient (Wildman–Crippen LogP) is 8.65. The molecular weight excluding hydrogens is 922 g/mol. The van der Waals surface area contributed by atoms with E-state index in [0.717, 1.165) is 28.2 Å². The van der Waals surface area contributed by atoms with E-state index < -0.39 is 26.3 Å². The molecule has 3 aromatic rings. The topological polar surface area (TPSA) is 75.0 Å². The number of thiocarbonyl (C=S) groups is 1. The van der Waals surface area contributed by atoms with E-state index in [0.29, 0.717) is 17.8 Å². The van der Waals surface area contributed by atoms with Gasteiger partial charge in [0.15, 0.2) is 0 Å². The van der Waals surface area contributed by atoms with Crippen LogP contribution in [0.3, 0.4) is 0 Å². The van der Waals surface area contributed by atoms with E-state index in [9.17, 15) is 0 Å². The quantitative estimate of drug-likeness (QED) is 0.0242. The molecule has 5 atom stereocenters. The van der Waals surface area contributed by atoms with Crippen molar-refractivity contribution in [1.82, 2.24) is 9.99 Å². The first kappa shape index (κ1) is 56.1. The Hall–Kier alpha value is -7.53. The van der Waals surface area contributed by atoms with Crippen molar-refractivity contribution in [2.45, 2.75) is 77.4 Å². The minimum absolute atomic E-state index is 0.0892. The zero-order valence-corrected chi connectivity index (χ0v) is 42.9. The molecule has 0 aromatic heterocycles. The number of rotatable bonds is 19. The maximum Gasteiger partial charge on any atom is 0.259 e. The molecule has 9 nitrogen and oxygen atoms in total. The zero-order chi connectivity index (χ0) is 51.1. The summed E-state index contributed by atoms with van der Waals surface area (Å²) >= 11 is 5.86. The van der Waals surface area contributed by atoms with Crippen LogP contribution in [-0.2, 0) is 24.1 Å². The van der Waals surface area contributed by atoms with Gasteiger partial charge in [0.25, 0.3) is 8.53 Å². The highest BCUT2D eigenvalue weighted by molar-refractivity contribution is 7.80. The van der Waals surface area contributed by atoms with Crippen molar-refractivity contribution in [3.8, 4) is 130 Å². The van der Waals surface area contributed by atoms with Gasteiger partial charge in [-0.2, -0.15) is 0 Å². The van der Waals surface area contributed by atoms with E-state index >= 15 is 0 Å². The van der Waals surface area contributed by atoms with Gasteiger partial charge in [-0.15, -0.1) is 0 Å². The van der Waals surface area contributed by atoms with Gasteiger partial charge in [-0.3, -0.25) is 0 Å². The molecule has 3 aromatic carbocycles. The van der Waals surface area contributed by atoms with Crippen LogP contribution in [0.2, 0.25) is 0 Å². The molecule has 0 spiro atoms. The highest BCUT2D eigenvalue weighted by Crippen LogP contribution is 2.52. The first-order valence-electron chi connectivity index (χ1n) is 22.6. The number of nitrogens with zero attached hydrogens (tertiary/aromatic N) is 2. The maximum atomic E-state index is 7.47. The van der Waals surface area contributed by atoms with Gasteiger partial charge in [0, 0.05) is 96.8 Å². The van der Waals surface area contributed by atoms with Crippen LogP contribution in [0.25, 0.3) is 4.85 Å². The fraction of sp³-hybridized carbons (Fsp3) is 0.333. The summed E-state index contributed by atoms with van der Waals surface area (Å²) in [5.74, 6) is 50.4. The third-order valence-electron chi connectivity index (χ3n) is 10.6. The Kier molecular flexibility index (Phi) is 24.9. The highest BCUT2D eigenvalue weighted by Gasteiger charge is 2.49. The minimum Gasteiger partial charge on any atom is -0.497 e. The second-order valence-electron chi connectivity index (χ2n) is 15.7. The Labute approximate surface area is 429 Å². The number of methoxy groups -OCH3 is 3. The van der Waals surface area contributed by atoms with E-state index in [-0.39, 0.29) is 43.7 Å². The highest BCUT2D eigenvalue weighted by atomic mass is 32.1. The first-order valence-corrected chi connectivity index (χ1v) is 24.1. The maximum absolute atomic E-state index is 7.47. The normalized spacial score (nSPS) is 15.2. The Morgan fingerprint density at radius 3 is 1.58 bits per heavy atom. The van der Waals surface area contributed by atoms with Crippen LogP contribution in [0, 0.1) is 137 Å². The summed E-state index contributed by atoms with van der Waals surface area (Å²) < 4.78 is 40.9. The van der Waals surface area contributed by atoms with Gasteiger partial charge in [0.1, 0.15) is 23.7 Å². The molecule has 4 rings (SSSR count). The third kappa shape index (κ3) is 17.7. The summed E-state index contributed by atoms with van der Waals surface area (Å²) in [4.78, 5) is 4.07. The van der Waals surface area contributed by atoms with Gasteiger partial charge in [0.2, 0.25) is 6.54 Å². The summed E-state index contributed by atoms with van der Waals surface area (Å²) in [6.07, 6.45) is 0.208. The van der Waals surface area contributed by atoms with Gasteiger partial charge in [-0.05, 0) is 135 Å². The standard InChI is InChI=1S/C60H54N3O6PS/c1-10-11-12-13-14-15-16-17-18-19-20-21-22-23-24-25-26-27-31-42-62-57(71)46-50-45-51(59(58(50)66-9)69-70(68-44-43-61-6)63(48(2)3)49(4)5)47-67-60(52-32-29-28-30-33-52,53-34-38-55(64-7)39-35-53)54-36-40-56(65-8)41-37-54/h28-30,32-41,48-51,58-59H,43-47H2,1-5,7-9H3,(H,62,71)/t50-,51-,58-,59?,70?/m1/s1. The predicted molar refractivity (Wildman–Crippen MR) is 286 cm³/mol. The summed E-state index contributed by atoms with van der Waals surface area (Å²) in [6.45, 7) is 18.3. The molecular formula is C60H54N3O6PS. The second-order valence-corrected chi connectivity index (χ2v) is 17.6. The molecule has 2 unspecified atom stereocenters. The smallest absolute Gasteiger partial charge is 0.259 e. The van der Waals surface area contributed by atoms with Crippen LogP contribution >= 0.6 is 20.7 Å². The molecule has 0 bridgehead atoms. The van der Waals surface area contributed by atoms with Crippen LogP contribution in [0.1, 0.15) is 64.2 Å². The monoisotopic (exact) mass is 975 g/mol.